The summed E-state index contributed by atoms with van der Waals surface area (Å²) in [5.74, 6) is -1.23. The highest BCUT2D eigenvalue weighted by Crippen LogP contribution is 2.24. The molecule has 1 unspecified atom stereocenters. The van der Waals surface area contributed by atoms with E-state index in [0.717, 1.165) is 0 Å². The van der Waals surface area contributed by atoms with Crippen LogP contribution in [-0.4, -0.2) is 21.7 Å². The summed E-state index contributed by atoms with van der Waals surface area (Å²) in [6.07, 6.45) is 1.25. The number of hydrogen-bond donors (Lipinski definition) is 3. The van der Waals surface area contributed by atoms with E-state index in [1.54, 1.807) is 0 Å². The van der Waals surface area contributed by atoms with Crippen molar-refractivity contribution in [1.82, 2.24) is 5.09 Å². The van der Waals surface area contributed by atoms with Gasteiger partial charge < -0.3 is 10.2 Å². The number of carbonyl (C=O) groups is 1. The van der Waals surface area contributed by atoms with E-state index in [4.69, 9.17) is 5.11 Å². The zero-order chi connectivity index (χ0) is 14.5. The topological polar surface area (TPSA) is 104 Å². The third kappa shape index (κ3) is 4.05. The number of phenols is 1. The molecular weight excluding hydrogens is 269 g/mol. The van der Waals surface area contributed by atoms with Crippen molar-refractivity contribution in [3.05, 3.63) is 42.5 Å². The highest BCUT2D eigenvalue weighted by atomic mass is 31.1. The summed E-state index contributed by atoms with van der Waals surface area (Å²) in [6.45, 7) is 3.45. The molecule has 1 aromatic rings. The summed E-state index contributed by atoms with van der Waals surface area (Å²) < 4.78 is 21.7. The average Bonchev–Trinajstić information content (AvgIpc) is 2.31. The molecule has 3 N–H and O–H groups in total. The predicted molar refractivity (Wildman–Crippen MR) is 68.4 cm³/mol. The molecule has 102 valence electrons. The summed E-state index contributed by atoms with van der Waals surface area (Å²) in [5.41, 5.74) is -1.07. The van der Waals surface area contributed by atoms with E-state index >= 15 is 0 Å². The van der Waals surface area contributed by atoms with Crippen LogP contribution in [0.3, 0.4) is 0 Å². The predicted octanol–water partition coefficient (Wildman–Crippen LogP) is 2.01. The minimum absolute atomic E-state index is 0.0437. The smallest absolute Gasteiger partial charge is 0.397 e. The lowest BCUT2D eigenvalue weighted by Crippen LogP contribution is -2.50. The molecule has 0 heterocycles. The molecule has 0 aliphatic carbocycles. The van der Waals surface area contributed by atoms with Gasteiger partial charge in [-0.1, -0.05) is 18.2 Å². The third-order valence-corrected chi connectivity index (χ3v) is 3.26. The Kier molecular flexibility index (Phi) is 5.03. The number of phenolic OH excluding ortho intramolecular Hbond substituents is 1. The maximum absolute atomic E-state index is 11.4. The van der Waals surface area contributed by atoms with Crippen LogP contribution in [0.5, 0.6) is 5.75 Å². The number of rotatable bonds is 7. The van der Waals surface area contributed by atoms with Gasteiger partial charge in [-0.15, -0.1) is 6.58 Å². The standard InChI is InChI=1S/C12H14NO5P/c1-2-7-12(11(15)16,13-19(17)18)8-9-3-5-10(14)6-4-9/h2-6,14H,1,7-8H2,(H,15,16)(H,13,17,18). The van der Waals surface area contributed by atoms with Crippen LogP contribution in [0.2, 0.25) is 0 Å². The van der Waals surface area contributed by atoms with Gasteiger partial charge in [0, 0.05) is 6.42 Å². The molecule has 1 aromatic carbocycles. The van der Waals surface area contributed by atoms with Crippen molar-refractivity contribution >= 4 is 13.8 Å². The molecule has 6 nitrogen and oxygen atoms in total. The molecule has 1 atom stereocenters. The summed E-state index contributed by atoms with van der Waals surface area (Å²) >= 11 is 0. The van der Waals surface area contributed by atoms with Gasteiger partial charge in [-0.05, 0) is 24.1 Å². The Labute approximate surface area is 110 Å². The third-order valence-electron chi connectivity index (χ3n) is 2.65. The average molecular weight is 283 g/mol. The van der Waals surface area contributed by atoms with Gasteiger partial charge in [0.05, 0.1) is 0 Å². The van der Waals surface area contributed by atoms with Crippen LogP contribution < -0.4 is 5.09 Å². The van der Waals surface area contributed by atoms with Crippen LogP contribution in [0.1, 0.15) is 12.0 Å². The Morgan fingerprint density at radius 1 is 1.37 bits per heavy atom. The second-order valence-electron chi connectivity index (χ2n) is 4.09. The van der Waals surface area contributed by atoms with E-state index in [1.165, 1.54) is 30.3 Å². The molecule has 0 saturated heterocycles. The van der Waals surface area contributed by atoms with Crippen LogP contribution in [0.4, 0.5) is 0 Å². The van der Waals surface area contributed by atoms with Gasteiger partial charge in [0.25, 0.3) is 0 Å². The van der Waals surface area contributed by atoms with Crippen molar-refractivity contribution in [2.45, 2.75) is 18.4 Å². The molecule has 0 aliphatic heterocycles. The molecule has 7 heteroatoms. The lowest BCUT2D eigenvalue weighted by atomic mass is 9.88. The summed E-state index contributed by atoms with van der Waals surface area (Å²) in [7, 11) is -3.06. The molecule has 0 radical (unpaired) electrons. The molecule has 1 rings (SSSR count). The van der Waals surface area contributed by atoms with E-state index in [2.05, 4.69) is 11.7 Å². The first-order chi connectivity index (χ1) is 8.89. The molecule has 0 amide bonds. The minimum Gasteiger partial charge on any atom is -0.508 e. The summed E-state index contributed by atoms with van der Waals surface area (Å²) in [6, 6.07) is 5.89. The summed E-state index contributed by atoms with van der Waals surface area (Å²) in [5, 5.41) is 20.5. The summed E-state index contributed by atoms with van der Waals surface area (Å²) in [4.78, 5) is 11.4. The molecular formula is C12H14NO5P. The van der Waals surface area contributed by atoms with Crippen LogP contribution >= 0.6 is 7.83 Å². The molecule has 0 spiro atoms. The second kappa shape index (κ2) is 6.31. The van der Waals surface area contributed by atoms with E-state index in [9.17, 15) is 19.0 Å². The normalized spacial score (nSPS) is 13.5. The Morgan fingerprint density at radius 3 is 2.37 bits per heavy atom. The van der Waals surface area contributed by atoms with Gasteiger partial charge in [0.15, 0.2) is 0 Å². The van der Waals surface area contributed by atoms with Gasteiger partial charge in [-0.2, -0.15) is 5.09 Å². The largest absolute Gasteiger partial charge is 0.508 e. The van der Waals surface area contributed by atoms with Crippen molar-refractivity contribution < 1.29 is 24.1 Å². The first-order valence-electron chi connectivity index (χ1n) is 5.44. The van der Waals surface area contributed by atoms with Crippen LogP contribution in [-0.2, 0) is 20.3 Å². The van der Waals surface area contributed by atoms with Crippen LogP contribution in [0, 0.1) is 0 Å². The Bertz CT molecular complexity index is 530. The van der Waals surface area contributed by atoms with Crippen LogP contribution in [0.25, 0.3) is 0 Å². The fourth-order valence-corrected chi connectivity index (χ4v) is 2.37. The highest BCUT2D eigenvalue weighted by molar-refractivity contribution is 7.28. The van der Waals surface area contributed by atoms with E-state index in [-0.39, 0.29) is 18.6 Å². The fraction of sp³-hybridized carbons (Fsp3) is 0.250. The highest BCUT2D eigenvalue weighted by Gasteiger charge is 2.38. The van der Waals surface area contributed by atoms with Crippen LogP contribution in [0.15, 0.2) is 36.9 Å². The van der Waals surface area contributed by atoms with E-state index in [1.807, 2.05) is 0 Å². The molecule has 0 fully saturated rings. The van der Waals surface area contributed by atoms with Crippen molar-refractivity contribution in [3.8, 4) is 5.75 Å². The monoisotopic (exact) mass is 283 g/mol. The van der Waals surface area contributed by atoms with Gasteiger partial charge in [0.1, 0.15) is 11.3 Å². The first-order valence-corrected chi connectivity index (χ1v) is 6.62. The number of nitrogens with one attached hydrogen (secondary N) is 1. The number of hydrogen-bond acceptors (Lipinski definition) is 4. The molecule has 0 aromatic heterocycles. The Morgan fingerprint density at radius 2 is 1.95 bits per heavy atom. The van der Waals surface area contributed by atoms with Gasteiger partial charge in [-0.25, -0.2) is 9.13 Å². The number of aliphatic carboxylic acids is 1. The SMILES string of the molecule is C=CCC(Cc1ccc(O)cc1)(NP(=O)=O)C(=O)O. The molecule has 0 aliphatic rings. The first kappa shape index (κ1) is 15.1. The number of aromatic hydroxyl groups is 1. The lowest BCUT2D eigenvalue weighted by Gasteiger charge is -2.26. The Balaban J connectivity index is 3.10. The molecule has 0 saturated carbocycles. The quantitative estimate of drug-likeness (QED) is 0.522. The van der Waals surface area contributed by atoms with E-state index < -0.39 is 19.3 Å². The lowest BCUT2D eigenvalue weighted by molar-refractivity contribution is -0.144. The van der Waals surface area contributed by atoms with Crippen molar-refractivity contribution in [2.75, 3.05) is 0 Å². The maximum Gasteiger partial charge on any atom is 0.397 e. The second-order valence-corrected chi connectivity index (χ2v) is 4.83. The molecule has 0 bridgehead atoms. The zero-order valence-electron chi connectivity index (χ0n) is 10.1. The number of carboxylic acids is 1. The van der Waals surface area contributed by atoms with E-state index in [0.29, 0.717) is 5.56 Å². The fourth-order valence-electron chi connectivity index (χ4n) is 1.75. The number of carboxylic acid groups (broad SMARTS) is 1. The number of benzene rings is 1. The van der Waals surface area contributed by atoms with Gasteiger partial charge >= 0.3 is 13.8 Å². The minimum atomic E-state index is -3.06. The Hall–Kier alpha value is -1.91. The maximum atomic E-state index is 11.4. The van der Waals surface area contributed by atoms with Gasteiger partial charge in [-0.3, -0.25) is 4.79 Å². The zero-order valence-corrected chi connectivity index (χ0v) is 11.0. The van der Waals surface area contributed by atoms with Gasteiger partial charge in [0.2, 0.25) is 0 Å². The van der Waals surface area contributed by atoms with Crippen molar-refractivity contribution in [2.24, 2.45) is 0 Å². The molecule has 19 heavy (non-hydrogen) atoms. The van der Waals surface area contributed by atoms with Crippen molar-refractivity contribution in [3.63, 3.8) is 0 Å². The van der Waals surface area contributed by atoms with Crippen molar-refractivity contribution in [1.29, 1.82) is 0 Å².